The highest BCUT2D eigenvalue weighted by Crippen LogP contribution is 2.38. The molecule has 1 aromatic carbocycles. The van der Waals surface area contributed by atoms with E-state index in [2.05, 4.69) is 25.8 Å². The second-order valence-corrected chi connectivity index (χ2v) is 5.94. The number of carbonyl (C=O) groups excluding carboxylic acids is 1. The van der Waals surface area contributed by atoms with Crippen molar-refractivity contribution in [1.29, 1.82) is 0 Å². The van der Waals surface area contributed by atoms with Crippen molar-refractivity contribution in [2.75, 3.05) is 5.32 Å². The molecule has 1 aliphatic rings. The second kappa shape index (κ2) is 6.72. The summed E-state index contributed by atoms with van der Waals surface area (Å²) in [6, 6.07) is 11.0. The lowest BCUT2D eigenvalue weighted by molar-refractivity contribution is 0.0946. The third kappa shape index (κ3) is 3.82. The molecule has 1 saturated carbocycles. The lowest BCUT2D eigenvalue weighted by Crippen LogP contribution is -2.22. The number of hydrogen-bond acceptors (Lipinski definition) is 6. The van der Waals surface area contributed by atoms with Gasteiger partial charge in [-0.25, -0.2) is 0 Å². The average molecular weight is 335 g/mol. The van der Waals surface area contributed by atoms with Gasteiger partial charge in [-0.05, 0) is 49.2 Å². The maximum atomic E-state index is 12.2. The van der Waals surface area contributed by atoms with Gasteiger partial charge in [0, 0.05) is 35.2 Å². The van der Waals surface area contributed by atoms with E-state index in [1.54, 1.807) is 24.5 Å². The van der Waals surface area contributed by atoms with E-state index in [0.29, 0.717) is 17.4 Å². The van der Waals surface area contributed by atoms with E-state index < -0.39 is 0 Å². The smallest absolute Gasteiger partial charge is 0.251 e. The summed E-state index contributed by atoms with van der Waals surface area (Å²) in [6.45, 7) is 0.232. The Morgan fingerprint density at radius 1 is 1.08 bits per heavy atom. The Balaban J connectivity index is 1.33. The first-order chi connectivity index (χ1) is 12.3. The number of benzene rings is 1. The van der Waals surface area contributed by atoms with Crippen LogP contribution in [0, 0.1) is 0 Å². The van der Waals surface area contributed by atoms with Crippen LogP contribution in [0.2, 0.25) is 0 Å². The van der Waals surface area contributed by atoms with Crippen LogP contribution in [-0.2, 0) is 6.54 Å². The highest BCUT2D eigenvalue weighted by atomic mass is 16.5. The number of nitrogens with zero attached hydrogens (tertiary/aromatic N) is 3. The summed E-state index contributed by atoms with van der Waals surface area (Å²) in [5, 5.41) is 9.97. The molecule has 126 valence electrons. The summed E-state index contributed by atoms with van der Waals surface area (Å²) >= 11 is 0. The number of aromatic nitrogens is 3. The molecule has 7 nitrogen and oxygen atoms in total. The summed E-state index contributed by atoms with van der Waals surface area (Å²) in [6.07, 6.45) is 5.67. The van der Waals surface area contributed by atoms with Crippen molar-refractivity contribution in [3.8, 4) is 0 Å². The molecule has 1 aliphatic carbocycles. The first kappa shape index (κ1) is 15.3. The molecule has 0 spiro atoms. The topological polar surface area (TPSA) is 92.9 Å². The number of anilines is 2. The SMILES string of the molecule is O=C(NCc1nc(C2CC2)no1)c1ccc(Nc2ccncc2)cc1. The molecule has 2 heterocycles. The Bertz CT molecular complexity index is 857. The first-order valence-corrected chi connectivity index (χ1v) is 8.16. The predicted octanol–water partition coefficient (Wildman–Crippen LogP) is 3.02. The highest BCUT2D eigenvalue weighted by molar-refractivity contribution is 5.94. The highest BCUT2D eigenvalue weighted by Gasteiger charge is 2.28. The monoisotopic (exact) mass is 335 g/mol. The molecular formula is C18H17N5O2. The Morgan fingerprint density at radius 3 is 2.52 bits per heavy atom. The molecule has 0 atom stereocenters. The molecule has 7 heteroatoms. The predicted molar refractivity (Wildman–Crippen MR) is 91.4 cm³/mol. The second-order valence-electron chi connectivity index (χ2n) is 5.94. The molecule has 0 aliphatic heterocycles. The third-order valence-electron chi connectivity index (χ3n) is 3.94. The van der Waals surface area contributed by atoms with Crippen molar-refractivity contribution in [2.24, 2.45) is 0 Å². The lowest BCUT2D eigenvalue weighted by Gasteiger charge is -2.07. The fourth-order valence-corrected chi connectivity index (χ4v) is 2.41. The van der Waals surface area contributed by atoms with Crippen molar-refractivity contribution < 1.29 is 9.32 Å². The lowest BCUT2D eigenvalue weighted by atomic mass is 10.2. The van der Waals surface area contributed by atoms with Crippen LogP contribution in [0.3, 0.4) is 0 Å². The van der Waals surface area contributed by atoms with Gasteiger partial charge in [0.25, 0.3) is 5.91 Å². The van der Waals surface area contributed by atoms with Gasteiger partial charge >= 0.3 is 0 Å². The molecule has 2 aromatic heterocycles. The van der Waals surface area contributed by atoms with Crippen LogP contribution >= 0.6 is 0 Å². The van der Waals surface area contributed by atoms with Crippen LogP contribution in [0.4, 0.5) is 11.4 Å². The van der Waals surface area contributed by atoms with Crippen molar-refractivity contribution in [2.45, 2.75) is 25.3 Å². The molecule has 0 radical (unpaired) electrons. The Kier molecular flexibility index (Phi) is 4.12. The minimum atomic E-state index is -0.179. The van der Waals surface area contributed by atoms with E-state index in [9.17, 15) is 4.79 Å². The minimum Gasteiger partial charge on any atom is -0.355 e. The number of nitrogens with one attached hydrogen (secondary N) is 2. The Morgan fingerprint density at radius 2 is 1.80 bits per heavy atom. The number of pyridine rings is 1. The quantitative estimate of drug-likeness (QED) is 0.719. The Hall–Kier alpha value is -3.22. The molecule has 3 aromatic rings. The molecule has 0 unspecified atom stereocenters. The molecule has 1 fully saturated rings. The molecule has 1 amide bonds. The van der Waals surface area contributed by atoms with Crippen LogP contribution in [0.15, 0.2) is 53.3 Å². The van der Waals surface area contributed by atoms with Gasteiger partial charge in [0.15, 0.2) is 5.82 Å². The van der Waals surface area contributed by atoms with Gasteiger partial charge in [-0.15, -0.1) is 0 Å². The van der Waals surface area contributed by atoms with E-state index in [4.69, 9.17) is 4.52 Å². The molecule has 2 N–H and O–H groups in total. The van der Waals surface area contributed by atoms with Crippen molar-refractivity contribution >= 4 is 17.3 Å². The molecule has 0 bridgehead atoms. The van der Waals surface area contributed by atoms with Gasteiger partial charge in [0.2, 0.25) is 5.89 Å². The van der Waals surface area contributed by atoms with Gasteiger partial charge in [-0.2, -0.15) is 4.98 Å². The van der Waals surface area contributed by atoms with E-state index in [1.165, 1.54) is 0 Å². The number of hydrogen-bond donors (Lipinski definition) is 2. The number of amides is 1. The van der Waals surface area contributed by atoms with Crippen LogP contribution in [0.1, 0.15) is 40.8 Å². The molecule has 4 rings (SSSR count). The zero-order valence-corrected chi connectivity index (χ0v) is 13.5. The molecular weight excluding hydrogens is 318 g/mol. The van der Waals surface area contributed by atoms with E-state index in [-0.39, 0.29) is 12.5 Å². The summed E-state index contributed by atoms with van der Waals surface area (Å²) in [5.74, 6) is 1.44. The molecule has 25 heavy (non-hydrogen) atoms. The largest absolute Gasteiger partial charge is 0.355 e. The van der Waals surface area contributed by atoms with E-state index in [1.807, 2.05) is 24.3 Å². The van der Waals surface area contributed by atoms with Gasteiger partial charge in [-0.3, -0.25) is 9.78 Å². The average Bonchev–Trinajstić information content (AvgIpc) is 3.39. The fraction of sp³-hybridized carbons (Fsp3) is 0.222. The van der Waals surface area contributed by atoms with Crippen LogP contribution < -0.4 is 10.6 Å². The maximum absolute atomic E-state index is 12.2. The first-order valence-electron chi connectivity index (χ1n) is 8.16. The Labute approximate surface area is 144 Å². The molecule has 0 saturated heterocycles. The van der Waals surface area contributed by atoms with Gasteiger partial charge in [0.1, 0.15) is 0 Å². The minimum absolute atomic E-state index is 0.179. The normalized spacial score (nSPS) is 13.4. The van der Waals surface area contributed by atoms with Crippen molar-refractivity contribution in [1.82, 2.24) is 20.4 Å². The summed E-state index contributed by atoms with van der Waals surface area (Å²) in [4.78, 5) is 20.5. The van der Waals surface area contributed by atoms with E-state index >= 15 is 0 Å². The van der Waals surface area contributed by atoms with Crippen LogP contribution in [0.5, 0.6) is 0 Å². The summed E-state index contributed by atoms with van der Waals surface area (Å²) < 4.78 is 5.15. The van der Waals surface area contributed by atoms with Crippen LogP contribution in [-0.4, -0.2) is 21.0 Å². The van der Waals surface area contributed by atoms with Gasteiger partial charge in [-0.1, -0.05) is 5.16 Å². The van der Waals surface area contributed by atoms with E-state index in [0.717, 1.165) is 30.0 Å². The summed E-state index contributed by atoms with van der Waals surface area (Å²) in [5.41, 5.74) is 2.41. The van der Waals surface area contributed by atoms with Crippen LogP contribution in [0.25, 0.3) is 0 Å². The third-order valence-corrected chi connectivity index (χ3v) is 3.94. The zero-order valence-electron chi connectivity index (χ0n) is 13.5. The standard InChI is InChI=1S/C18H17N5O2/c24-18(20-11-16-22-17(23-25-16)12-1-2-12)13-3-5-14(6-4-13)21-15-7-9-19-10-8-15/h3-10,12H,1-2,11H2,(H,19,21)(H,20,24). The number of carbonyl (C=O) groups is 1. The van der Waals surface area contributed by atoms with Gasteiger partial charge < -0.3 is 15.2 Å². The fourth-order valence-electron chi connectivity index (χ4n) is 2.41. The zero-order chi connectivity index (χ0) is 17.1. The van der Waals surface area contributed by atoms with Gasteiger partial charge in [0.05, 0.1) is 6.54 Å². The van der Waals surface area contributed by atoms with Crippen molar-refractivity contribution in [3.05, 3.63) is 66.1 Å². The number of rotatable bonds is 6. The maximum Gasteiger partial charge on any atom is 0.251 e. The van der Waals surface area contributed by atoms with Crippen molar-refractivity contribution in [3.63, 3.8) is 0 Å². The summed E-state index contributed by atoms with van der Waals surface area (Å²) in [7, 11) is 0.